The van der Waals surface area contributed by atoms with Crippen LogP contribution in [0.2, 0.25) is 0 Å². The molecule has 110 valence electrons. The van der Waals surface area contributed by atoms with Crippen molar-refractivity contribution in [2.75, 3.05) is 20.1 Å². The summed E-state index contributed by atoms with van der Waals surface area (Å²) in [6, 6.07) is 7.88. The molecule has 4 nitrogen and oxygen atoms in total. The molecule has 0 aliphatic carbocycles. The van der Waals surface area contributed by atoms with Crippen molar-refractivity contribution >= 4 is 26.0 Å². The van der Waals surface area contributed by atoms with Gasteiger partial charge in [0.25, 0.3) is 0 Å². The number of sulfonamides is 1. The van der Waals surface area contributed by atoms with E-state index in [4.69, 9.17) is 0 Å². The lowest BCUT2D eigenvalue weighted by atomic mass is 10.1. The van der Waals surface area contributed by atoms with Gasteiger partial charge < -0.3 is 0 Å². The Morgan fingerprint density at radius 3 is 2.70 bits per heavy atom. The van der Waals surface area contributed by atoms with E-state index in [1.165, 1.54) is 6.42 Å². The molecule has 1 aromatic carbocycles. The fourth-order valence-electron chi connectivity index (χ4n) is 3.27. The van der Waals surface area contributed by atoms with Crippen LogP contribution in [-0.2, 0) is 10.0 Å². The van der Waals surface area contributed by atoms with Gasteiger partial charge in [0.15, 0.2) is 0 Å². The average Bonchev–Trinajstić information content (AvgIpc) is 2.62. The summed E-state index contributed by atoms with van der Waals surface area (Å²) in [5.41, 5.74) is 0. The molecule has 2 unspecified atom stereocenters. The van der Waals surface area contributed by atoms with Crippen molar-refractivity contribution in [2.24, 2.45) is 0 Å². The summed E-state index contributed by atoms with van der Waals surface area (Å²) >= 11 is 3.35. The van der Waals surface area contributed by atoms with Gasteiger partial charge in [0.1, 0.15) is 0 Å². The molecule has 0 N–H and O–H groups in total. The summed E-state index contributed by atoms with van der Waals surface area (Å²) in [7, 11) is -1.25. The quantitative estimate of drug-likeness (QED) is 0.814. The Morgan fingerprint density at radius 1 is 1.20 bits per heavy atom. The highest BCUT2D eigenvalue weighted by Crippen LogP contribution is 2.31. The molecule has 2 aliphatic rings. The van der Waals surface area contributed by atoms with Crippen molar-refractivity contribution in [3.8, 4) is 0 Å². The summed E-state index contributed by atoms with van der Waals surface area (Å²) < 4.78 is 28.0. The second-order valence-corrected chi connectivity index (χ2v) is 8.51. The van der Waals surface area contributed by atoms with Crippen LogP contribution >= 0.6 is 15.9 Å². The SMILES string of the molecule is CN1C2CCC1CN(S(=O)(=O)c1cccc(Br)c1)CC2. The lowest BCUT2D eigenvalue weighted by Crippen LogP contribution is -2.39. The molecule has 6 heteroatoms. The zero-order chi connectivity index (χ0) is 14.3. The molecule has 2 saturated heterocycles. The number of nitrogens with zero attached hydrogens (tertiary/aromatic N) is 2. The molecule has 2 atom stereocenters. The van der Waals surface area contributed by atoms with Gasteiger partial charge in [-0.15, -0.1) is 0 Å². The normalized spacial score (nSPS) is 28.5. The van der Waals surface area contributed by atoms with Gasteiger partial charge in [-0.2, -0.15) is 4.31 Å². The standard InChI is InChI=1S/C14H19BrN2O2S/c1-16-12-5-6-13(16)10-17(8-7-12)20(18,19)14-4-2-3-11(15)9-14/h2-4,9,12-13H,5-8,10H2,1H3. The van der Waals surface area contributed by atoms with Crippen molar-refractivity contribution in [2.45, 2.75) is 36.2 Å². The Labute approximate surface area is 128 Å². The van der Waals surface area contributed by atoms with Gasteiger partial charge in [-0.3, -0.25) is 4.90 Å². The predicted octanol–water partition coefficient (Wildman–Crippen LogP) is 2.31. The molecule has 2 heterocycles. The largest absolute Gasteiger partial charge is 0.299 e. The highest BCUT2D eigenvalue weighted by atomic mass is 79.9. The van der Waals surface area contributed by atoms with Gasteiger partial charge in [-0.25, -0.2) is 8.42 Å². The maximum Gasteiger partial charge on any atom is 0.243 e. The van der Waals surface area contributed by atoms with Gasteiger partial charge in [-0.05, 0) is 44.5 Å². The zero-order valence-electron chi connectivity index (χ0n) is 11.5. The van der Waals surface area contributed by atoms with E-state index in [-0.39, 0.29) is 0 Å². The first-order chi connectivity index (χ1) is 9.48. The van der Waals surface area contributed by atoms with Gasteiger partial charge in [-0.1, -0.05) is 22.0 Å². The number of benzene rings is 1. The monoisotopic (exact) mass is 358 g/mol. The molecule has 3 rings (SSSR count). The first kappa shape index (κ1) is 14.5. The lowest BCUT2D eigenvalue weighted by Gasteiger charge is -2.25. The molecule has 0 aromatic heterocycles. The molecular weight excluding hydrogens is 340 g/mol. The van der Waals surface area contributed by atoms with E-state index in [0.717, 1.165) is 17.3 Å². The van der Waals surface area contributed by atoms with Crippen LogP contribution in [0.3, 0.4) is 0 Å². The summed E-state index contributed by atoms with van der Waals surface area (Å²) in [5.74, 6) is 0. The number of rotatable bonds is 2. The molecule has 2 bridgehead atoms. The number of likely N-dealkylation sites (N-methyl/N-ethyl adjacent to an activating group) is 1. The Morgan fingerprint density at radius 2 is 1.95 bits per heavy atom. The van der Waals surface area contributed by atoms with E-state index in [2.05, 4.69) is 27.9 Å². The van der Waals surface area contributed by atoms with Crippen LogP contribution in [0.1, 0.15) is 19.3 Å². The highest BCUT2D eigenvalue weighted by Gasteiger charge is 2.38. The second kappa shape index (κ2) is 5.40. The van der Waals surface area contributed by atoms with Crippen LogP contribution in [0.25, 0.3) is 0 Å². The lowest BCUT2D eigenvalue weighted by molar-refractivity contribution is 0.246. The fraction of sp³-hybridized carbons (Fsp3) is 0.571. The number of hydrogen-bond donors (Lipinski definition) is 0. The third-order valence-electron chi connectivity index (χ3n) is 4.55. The molecule has 0 amide bonds. The Bertz CT molecular complexity index is 605. The predicted molar refractivity (Wildman–Crippen MR) is 82.1 cm³/mol. The van der Waals surface area contributed by atoms with E-state index in [1.54, 1.807) is 22.5 Å². The Kier molecular flexibility index (Phi) is 3.92. The van der Waals surface area contributed by atoms with Crippen LogP contribution in [0.5, 0.6) is 0 Å². The van der Waals surface area contributed by atoms with Crippen molar-refractivity contribution in [3.05, 3.63) is 28.7 Å². The number of hydrogen-bond acceptors (Lipinski definition) is 3. The van der Waals surface area contributed by atoms with Crippen molar-refractivity contribution in [1.82, 2.24) is 9.21 Å². The maximum atomic E-state index is 12.8. The fourth-order valence-corrected chi connectivity index (χ4v) is 5.36. The summed E-state index contributed by atoms with van der Waals surface area (Å²) in [5, 5.41) is 0. The van der Waals surface area contributed by atoms with Gasteiger partial charge >= 0.3 is 0 Å². The Balaban J connectivity index is 1.88. The number of halogens is 1. The summed E-state index contributed by atoms with van der Waals surface area (Å²) in [4.78, 5) is 2.74. The average molecular weight is 359 g/mol. The van der Waals surface area contributed by atoms with Crippen LogP contribution in [0, 0.1) is 0 Å². The maximum absolute atomic E-state index is 12.8. The van der Waals surface area contributed by atoms with Crippen molar-refractivity contribution in [1.29, 1.82) is 0 Å². The third-order valence-corrected chi connectivity index (χ3v) is 6.90. The van der Waals surface area contributed by atoms with E-state index >= 15 is 0 Å². The molecular formula is C14H19BrN2O2S. The molecule has 0 radical (unpaired) electrons. The van der Waals surface area contributed by atoms with E-state index in [9.17, 15) is 8.42 Å². The highest BCUT2D eigenvalue weighted by molar-refractivity contribution is 9.10. The Hall–Kier alpha value is -0.430. The second-order valence-electron chi connectivity index (χ2n) is 5.66. The van der Waals surface area contributed by atoms with Crippen molar-refractivity contribution < 1.29 is 8.42 Å². The van der Waals surface area contributed by atoms with E-state index < -0.39 is 10.0 Å². The molecule has 20 heavy (non-hydrogen) atoms. The van der Waals surface area contributed by atoms with Gasteiger partial charge in [0.05, 0.1) is 4.90 Å². The summed E-state index contributed by atoms with van der Waals surface area (Å²) in [6.07, 6.45) is 3.23. The van der Waals surface area contributed by atoms with Crippen LogP contribution in [-0.4, -0.2) is 49.8 Å². The topological polar surface area (TPSA) is 40.6 Å². The van der Waals surface area contributed by atoms with E-state index in [1.807, 2.05) is 6.07 Å². The van der Waals surface area contributed by atoms with Crippen LogP contribution in [0.4, 0.5) is 0 Å². The molecule has 2 fully saturated rings. The number of fused-ring (bicyclic) bond motifs is 2. The smallest absolute Gasteiger partial charge is 0.243 e. The molecule has 1 aromatic rings. The minimum absolute atomic E-state index is 0.365. The molecule has 2 aliphatic heterocycles. The van der Waals surface area contributed by atoms with Crippen LogP contribution < -0.4 is 0 Å². The first-order valence-electron chi connectivity index (χ1n) is 6.96. The van der Waals surface area contributed by atoms with Gasteiger partial charge in [0.2, 0.25) is 10.0 Å². The van der Waals surface area contributed by atoms with Crippen molar-refractivity contribution in [3.63, 3.8) is 0 Å². The van der Waals surface area contributed by atoms with Crippen LogP contribution in [0.15, 0.2) is 33.6 Å². The summed E-state index contributed by atoms with van der Waals surface area (Å²) in [6.45, 7) is 1.24. The minimum atomic E-state index is -3.38. The zero-order valence-corrected chi connectivity index (χ0v) is 13.9. The molecule has 0 spiro atoms. The molecule has 0 saturated carbocycles. The minimum Gasteiger partial charge on any atom is -0.299 e. The first-order valence-corrected chi connectivity index (χ1v) is 9.19. The van der Waals surface area contributed by atoms with E-state index in [0.29, 0.717) is 30.1 Å². The van der Waals surface area contributed by atoms with Gasteiger partial charge in [0, 0.05) is 29.6 Å². The third kappa shape index (κ3) is 2.54.